The molecular formula is C70H125NO8. The van der Waals surface area contributed by atoms with E-state index in [9.17, 15) is 30.3 Å². The number of carbonyl (C=O) groups is 1. The lowest BCUT2D eigenvalue weighted by atomic mass is 9.99. The van der Waals surface area contributed by atoms with E-state index in [1.165, 1.54) is 205 Å². The van der Waals surface area contributed by atoms with Gasteiger partial charge in [-0.1, -0.05) is 292 Å². The van der Waals surface area contributed by atoms with Gasteiger partial charge in [0.05, 0.1) is 25.4 Å². The van der Waals surface area contributed by atoms with Gasteiger partial charge >= 0.3 is 0 Å². The Bertz CT molecular complexity index is 1520. The number of nitrogens with one attached hydrogen (secondary N) is 1. The van der Waals surface area contributed by atoms with Crippen LogP contribution in [0.4, 0.5) is 0 Å². The Hall–Kier alpha value is -2.63. The molecule has 0 radical (unpaired) electrons. The quantitative estimate of drug-likeness (QED) is 0.0261. The molecule has 0 aromatic carbocycles. The van der Waals surface area contributed by atoms with E-state index in [0.717, 1.165) is 70.6 Å². The van der Waals surface area contributed by atoms with Crippen LogP contribution in [0.5, 0.6) is 0 Å². The molecule has 0 aliphatic carbocycles. The lowest BCUT2D eigenvalue weighted by Gasteiger charge is -2.40. The zero-order valence-corrected chi connectivity index (χ0v) is 51.1. The Kier molecular flexibility index (Phi) is 55.1. The highest BCUT2D eigenvalue weighted by atomic mass is 16.7. The predicted molar refractivity (Wildman–Crippen MR) is 336 cm³/mol. The highest BCUT2D eigenvalue weighted by molar-refractivity contribution is 5.76. The molecule has 0 aromatic rings. The minimum Gasteiger partial charge on any atom is -0.394 e. The molecule has 9 nitrogen and oxygen atoms in total. The second-order valence-corrected chi connectivity index (χ2v) is 22.9. The molecule has 6 N–H and O–H groups in total. The van der Waals surface area contributed by atoms with E-state index in [2.05, 4.69) is 92.1 Å². The average Bonchev–Trinajstić information content (AvgIpc) is 3.47. The summed E-state index contributed by atoms with van der Waals surface area (Å²) in [4.78, 5) is 13.1. The second-order valence-electron chi connectivity index (χ2n) is 22.9. The molecule has 0 spiro atoms. The summed E-state index contributed by atoms with van der Waals surface area (Å²) in [6.07, 6.45) is 76.8. The van der Waals surface area contributed by atoms with Crippen LogP contribution >= 0.6 is 0 Å². The van der Waals surface area contributed by atoms with E-state index in [1.807, 2.05) is 6.08 Å². The molecule has 0 bridgehead atoms. The maximum Gasteiger partial charge on any atom is 0.220 e. The maximum atomic E-state index is 13.1. The van der Waals surface area contributed by atoms with Gasteiger partial charge in [-0.25, -0.2) is 0 Å². The molecule has 1 rings (SSSR count). The topological polar surface area (TPSA) is 149 Å². The third-order valence-corrected chi connectivity index (χ3v) is 15.4. The van der Waals surface area contributed by atoms with Crippen molar-refractivity contribution in [2.75, 3.05) is 13.2 Å². The molecule has 1 heterocycles. The third kappa shape index (κ3) is 47.6. The van der Waals surface area contributed by atoms with Crippen molar-refractivity contribution in [3.05, 3.63) is 85.1 Å². The highest BCUT2D eigenvalue weighted by Crippen LogP contribution is 2.23. The van der Waals surface area contributed by atoms with Gasteiger partial charge in [-0.15, -0.1) is 0 Å². The van der Waals surface area contributed by atoms with Crippen LogP contribution < -0.4 is 5.32 Å². The summed E-state index contributed by atoms with van der Waals surface area (Å²) in [5, 5.41) is 54.7. The Morgan fingerprint density at radius 2 is 0.797 bits per heavy atom. The lowest BCUT2D eigenvalue weighted by Crippen LogP contribution is -2.60. The summed E-state index contributed by atoms with van der Waals surface area (Å²) in [7, 11) is 0. The van der Waals surface area contributed by atoms with Crippen molar-refractivity contribution in [3.63, 3.8) is 0 Å². The molecular weight excluding hydrogens is 983 g/mol. The highest BCUT2D eigenvalue weighted by Gasteiger charge is 2.44. The Balaban J connectivity index is 2.19. The number of carbonyl (C=O) groups excluding carboxylic acids is 1. The molecule has 1 saturated heterocycles. The van der Waals surface area contributed by atoms with Crippen molar-refractivity contribution in [1.29, 1.82) is 0 Å². The van der Waals surface area contributed by atoms with E-state index in [0.29, 0.717) is 6.42 Å². The van der Waals surface area contributed by atoms with E-state index in [4.69, 9.17) is 9.47 Å². The van der Waals surface area contributed by atoms with Gasteiger partial charge < -0.3 is 40.3 Å². The normalized spacial score (nSPS) is 19.1. The Morgan fingerprint density at radius 3 is 1.22 bits per heavy atom. The first-order valence-corrected chi connectivity index (χ1v) is 33.3. The van der Waals surface area contributed by atoms with E-state index in [-0.39, 0.29) is 12.5 Å². The minimum absolute atomic E-state index is 0.193. The molecule has 1 amide bonds. The summed E-state index contributed by atoms with van der Waals surface area (Å²) < 4.78 is 11.3. The molecule has 9 heteroatoms. The minimum atomic E-state index is -1.58. The Morgan fingerprint density at radius 1 is 0.443 bits per heavy atom. The molecule has 1 aliphatic rings. The molecule has 7 unspecified atom stereocenters. The smallest absolute Gasteiger partial charge is 0.220 e. The predicted octanol–water partition coefficient (Wildman–Crippen LogP) is 17.7. The molecule has 1 fully saturated rings. The summed E-state index contributed by atoms with van der Waals surface area (Å²) >= 11 is 0. The number of allylic oxidation sites excluding steroid dienone is 13. The molecule has 79 heavy (non-hydrogen) atoms. The van der Waals surface area contributed by atoms with Crippen molar-refractivity contribution >= 4 is 5.91 Å². The van der Waals surface area contributed by atoms with Crippen LogP contribution in [0.25, 0.3) is 0 Å². The van der Waals surface area contributed by atoms with Crippen LogP contribution in [0, 0.1) is 0 Å². The van der Waals surface area contributed by atoms with Gasteiger partial charge in [-0.05, 0) is 83.5 Å². The van der Waals surface area contributed by atoms with Gasteiger partial charge in [0.2, 0.25) is 5.91 Å². The van der Waals surface area contributed by atoms with Crippen molar-refractivity contribution in [2.24, 2.45) is 0 Å². The summed E-state index contributed by atoms with van der Waals surface area (Å²) in [6, 6.07) is -0.836. The number of aliphatic hydroxyl groups excluding tert-OH is 5. The van der Waals surface area contributed by atoms with E-state index < -0.39 is 49.5 Å². The summed E-state index contributed by atoms with van der Waals surface area (Å²) in [6.45, 7) is 3.67. The fourth-order valence-electron chi connectivity index (χ4n) is 10.2. The maximum absolute atomic E-state index is 13.1. The molecule has 0 aromatic heterocycles. The van der Waals surface area contributed by atoms with Crippen LogP contribution in [-0.2, 0) is 14.3 Å². The summed E-state index contributed by atoms with van der Waals surface area (Å²) in [5.74, 6) is -0.193. The summed E-state index contributed by atoms with van der Waals surface area (Å²) in [5.41, 5.74) is 0. The fraction of sp³-hybridized carbons (Fsp3) is 0.786. The van der Waals surface area contributed by atoms with Crippen LogP contribution in [0.2, 0.25) is 0 Å². The first kappa shape index (κ1) is 74.4. The van der Waals surface area contributed by atoms with Gasteiger partial charge in [0.15, 0.2) is 6.29 Å². The standard InChI is InChI=1S/C70H125NO8/c1-3-5-7-9-11-13-15-17-19-21-23-25-27-29-30-31-32-33-34-36-37-39-41-43-45-47-49-51-53-55-57-59-64(73)63(62-78-70-69(77)68(76)67(75)65(61-72)79-70)71-66(74)60-58-56-54-52-50-48-46-44-42-40-38-35-28-26-24-22-20-18-16-14-12-10-8-6-4-2/h6,8,12,14,18,20,24,26,41,43,49,51,57,59,63-65,67-70,72-73,75-77H,3-5,7,9-11,13,15-17,19,21-23,25,27-40,42,44-48,50,52-56,58,60-62H2,1-2H3,(H,71,74)/b8-6-,14-12-,20-18-,26-24-,43-41+,51-49+,59-57+. The van der Waals surface area contributed by atoms with Crippen molar-refractivity contribution < 1.29 is 39.8 Å². The van der Waals surface area contributed by atoms with E-state index in [1.54, 1.807) is 6.08 Å². The van der Waals surface area contributed by atoms with Gasteiger partial charge in [-0.2, -0.15) is 0 Å². The van der Waals surface area contributed by atoms with Crippen LogP contribution in [0.15, 0.2) is 85.1 Å². The zero-order chi connectivity index (χ0) is 57.2. The average molecular weight is 1110 g/mol. The number of rotatable bonds is 57. The molecule has 458 valence electrons. The van der Waals surface area contributed by atoms with Gasteiger partial charge in [0, 0.05) is 6.42 Å². The molecule has 7 atom stereocenters. The SMILES string of the molecule is CC/C=C\C/C=C\C/C=C\C/C=C\CCCCCCCCCCCCCCC(=O)NC(COC1OC(CO)C(O)C(O)C1O)C(O)/C=C/CC/C=C/CC/C=C/CCCCCCCCCCCCCCCCCCCCCCC. The third-order valence-electron chi connectivity index (χ3n) is 15.4. The van der Waals surface area contributed by atoms with Crippen LogP contribution in [-0.4, -0.2) is 87.5 Å². The first-order chi connectivity index (χ1) is 38.8. The lowest BCUT2D eigenvalue weighted by molar-refractivity contribution is -0.302. The molecule has 1 aliphatic heterocycles. The zero-order valence-electron chi connectivity index (χ0n) is 51.1. The number of ether oxygens (including phenoxy) is 2. The van der Waals surface area contributed by atoms with Gasteiger partial charge in [-0.3, -0.25) is 4.79 Å². The van der Waals surface area contributed by atoms with Crippen molar-refractivity contribution in [1.82, 2.24) is 5.32 Å². The van der Waals surface area contributed by atoms with Crippen LogP contribution in [0.1, 0.15) is 296 Å². The Labute approximate surface area is 486 Å². The number of hydrogen-bond donors (Lipinski definition) is 6. The van der Waals surface area contributed by atoms with Crippen molar-refractivity contribution in [3.8, 4) is 0 Å². The first-order valence-electron chi connectivity index (χ1n) is 33.3. The second kappa shape index (κ2) is 58.6. The van der Waals surface area contributed by atoms with Gasteiger partial charge in [0.25, 0.3) is 0 Å². The molecule has 0 saturated carbocycles. The number of hydrogen-bond acceptors (Lipinski definition) is 8. The van der Waals surface area contributed by atoms with Crippen molar-refractivity contribution in [2.45, 2.75) is 339 Å². The number of unbranched alkanes of at least 4 members (excludes halogenated alkanes) is 35. The number of amides is 1. The largest absolute Gasteiger partial charge is 0.394 e. The monoisotopic (exact) mass is 1110 g/mol. The van der Waals surface area contributed by atoms with Gasteiger partial charge in [0.1, 0.15) is 24.4 Å². The fourth-order valence-corrected chi connectivity index (χ4v) is 10.2. The van der Waals surface area contributed by atoms with Crippen LogP contribution in [0.3, 0.4) is 0 Å². The number of aliphatic hydroxyl groups is 5. The van der Waals surface area contributed by atoms with E-state index >= 15 is 0 Å².